The Hall–Kier alpha value is -0.810. The standard InChI is InChI=1S/C11H21N3O2/c1-2-13-5-3-9(4-6-13)14-8-10(15)7-12-11(14)16/h9-10,15H,2-8H2,1H3,(H,12,16). The van der Waals surface area contributed by atoms with E-state index < -0.39 is 6.10 Å². The number of urea groups is 1. The molecule has 0 saturated carbocycles. The van der Waals surface area contributed by atoms with Gasteiger partial charge in [-0.2, -0.15) is 0 Å². The average Bonchev–Trinajstić information content (AvgIpc) is 2.32. The summed E-state index contributed by atoms with van der Waals surface area (Å²) in [6.07, 6.45) is 1.63. The molecule has 1 unspecified atom stereocenters. The highest BCUT2D eigenvalue weighted by Crippen LogP contribution is 2.18. The Labute approximate surface area is 96.4 Å². The summed E-state index contributed by atoms with van der Waals surface area (Å²) >= 11 is 0. The molecule has 2 N–H and O–H groups in total. The van der Waals surface area contributed by atoms with Crippen molar-refractivity contribution in [1.29, 1.82) is 0 Å². The first-order valence-electron chi connectivity index (χ1n) is 6.15. The van der Waals surface area contributed by atoms with Gasteiger partial charge >= 0.3 is 6.03 Å². The molecule has 92 valence electrons. The molecule has 0 spiro atoms. The summed E-state index contributed by atoms with van der Waals surface area (Å²) in [5.74, 6) is 0. The molecular weight excluding hydrogens is 206 g/mol. The number of aliphatic hydroxyl groups excluding tert-OH is 1. The van der Waals surface area contributed by atoms with E-state index in [9.17, 15) is 9.90 Å². The highest BCUT2D eigenvalue weighted by Gasteiger charge is 2.31. The number of nitrogens with zero attached hydrogens (tertiary/aromatic N) is 2. The lowest BCUT2D eigenvalue weighted by molar-refractivity contribution is 0.0573. The normalized spacial score (nSPS) is 29.2. The first-order valence-corrected chi connectivity index (χ1v) is 6.15. The third kappa shape index (κ3) is 2.47. The lowest BCUT2D eigenvalue weighted by Crippen LogP contribution is -2.58. The van der Waals surface area contributed by atoms with Gasteiger partial charge in [0, 0.05) is 25.7 Å². The number of hydrogen-bond donors (Lipinski definition) is 2. The largest absolute Gasteiger partial charge is 0.389 e. The maximum atomic E-state index is 11.7. The van der Waals surface area contributed by atoms with E-state index in [0.29, 0.717) is 19.1 Å². The first-order chi connectivity index (χ1) is 7.70. The van der Waals surface area contributed by atoms with Crippen LogP contribution in [-0.2, 0) is 0 Å². The molecule has 2 fully saturated rings. The molecule has 5 nitrogen and oxygen atoms in total. The predicted molar refractivity (Wildman–Crippen MR) is 61.2 cm³/mol. The number of hydrogen-bond acceptors (Lipinski definition) is 3. The van der Waals surface area contributed by atoms with Crippen molar-refractivity contribution in [3.8, 4) is 0 Å². The van der Waals surface area contributed by atoms with E-state index in [2.05, 4.69) is 17.1 Å². The van der Waals surface area contributed by atoms with Gasteiger partial charge in [-0.15, -0.1) is 0 Å². The lowest BCUT2D eigenvalue weighted by Gasteiger charge is -2.41. The van der Waals surface area contributed by atoms with E-state index in [1.807, 2.05) is 0 Å². The van der Waals surface area contributed by atoms with E-state index in [-0.39, 0.29) is 6.03 Å². The summed E-state index contributed by atoms with van der Waals surface area (Å²) in [7, 11) is 0. The highest BCUT2D eigenvalue weighted by molar-refractivity contribution is 5.75. The number of nitrogens with one attached hydrogen (secondary N) is 1. The second-order valence-electron chi connectivity index (χ2n) is 4.66. The number of aliphatic hydroxyl groups is 1. The van der Waals surface area contributed by atoms with Gasteiger partial charge in [-0.25, -0.2) is 4.79 Å². The van der Waals surface area contributed by atoms with Crippen LogP contribution in [0.4, 0.5) is 4.79 Å². The van der Waals surface area contributed by atoms with E-state index >= 15 is 0 Å². The molecule has 16 heavy (non-hydrogen) atoms. The minimum Gasteiger partial charge on any atom is -0.389 e. The van der Waals surface area contributed by atoms with Crippen LogP contribution >= 0.6 is 0 Å². The second kappa shape index (κ2) is 5.01. The summed E-state index contributed by atoms with van der Waals surface area (Å²) in [4.78, 5) is 15.9. The van der Waals surface area contributed by atoms with Crippen molar-refractivity contribution in [2.45, 2.75) is 31.9 Å². The van der Waals surface area contributed by atoms with Gasteiger partial charge in [0.1, 0.15) is 0 Å². The molecule has 0 aromatic carbocycles. The molecule has 0 bridgehead atoms. The van der Waals surface area contributed by atoms with Crippen LogP contribution in [0.3, 0.4) is 0 Å². The zero-order valence-corrected chi connectivity index (χ0v) is 9.85. The van der Waals surface area contributed by atoms with Crippen LogP contribution in [0.5, 0.6) is 0 Å². The van der Waals surface area contributed by atoms with Crippen LogP contribution in [0.15, 0.2) is 0 Å². The smallest absolute Gasteiger partial charge is 0.317 e. The van der Waals surface area contributed by atoms with Crippen LogP contribution < -0.4 is 5.32 Å². The Morgan fingerprint density at radius 2 is 2.12 bits per heavy atom. The molecule has 2 heterocycles. The molecule has 2 amide bonds. The Morgan fingerprint density at radius 1 is 1.44 bits per heavy atom. The summed E-state index contributed by atoms with van der Waals surface area (Å²) in [6, 6.07) is 0.290. The maximum Gasteiger partial charge on any atom is 0.317 e. The Bertz CT molecular complexity index is 252. The number of carbonyl (C=O) groups excluding carboxylic acids is 1. The number of β-amino-alcohol motifs (C(OH)–C–C–N with tert-alkyl or cyclic N) is 1. The quantitative estimate of drug-likeness (QED) is 0.690. The molecule has 5 heteroatoms. The van der Waals surface area contributed by atoms with Crippen molar-refractivity contribution in [3.05, 3.63) is 0 Å². The summed E-state index contributed by atoms with van der Waals surface area (Å²) in [5.41, 5.74) is 0. The first kappa shape index (κ1) is 11.7. The molecule has 1 atom stereocenters. The molecule has 0 aromatic rings. The van der Waals surface area contributed by atoms with E-state index in [0.717, 1.165) is 32.5 Å². The number of likely N-dealkylation sites (tertiary alicyclic amines) is 1. The SMILES string of the molecule is CCN1CCC(N2CC(O)CNC2=O)CC1. The molecule has 0 aliphatic carbocycles. The zero-order valence-electron chi connectivity index (χ0n) is 9.85. The summed E-state index contributed by atoms with van der Waals surface area (Å²) in [6.45, 7) is 6.24. The van der Waals surface area contributed by atoms with Crippen LogP contribution in [0.2, 0.25) is 0 Å². The number of rotatable bonds is 2. The van der Waals surface area contributed by atoms with Gasteiger partial charge in [0.2, 0.25) is 0 Å². The van der Waals surface area contributed by atoms with Crippen molar-refractivity contribution >= 4 is 6.03 Å². The number of piperidine rings is 1. The molecule has 0 radical (unpaired) electrons. The van der Waals surface area contributed by atoms with Gasteiger partial charge in [0.05, 0.1) is 12.6 Å². The maximum absolute atomic E-state index is 11.7. The Kier molecular flexibility index (Phi) is 3.66. The van der Waals surface area contributed by atoms with Gasteiger partial charge in [-0.1, -0.05) is 6.92 Å². The van der Waals surface area contributed by atoms with Crippen molar-refractivity contribution in [1.82, 2.24) is 15.1 Å². The van der Waals surface area contributed by atoms with Gasteiger partial charge in [0.15, 0.2) is 0 Å². The number of amides is 2. The van der Waals surface area contributed by atoms with Gasteiger partial charge in [-0.3, -0.25) is 0 Å². The third-order valence-corrected chi connectivity index (χ3v) is 3.60. The van der Waals surface area contributed by atoms with Crippen LogP contribution in [0, 0.1) is 0 Å². The van der Waals surface area contributed by atoms with Gasteiger partial charge in [-0.05, 0) is 19.4 Å². The van der Waals surface area contributed by atoms with Crippen LogP contribution in [0.1, 0.15) is 19.8 Å². The Balaban J connectivity index is 1.89. The van der Waals surface area contributed by atoms with E-state index in [1.165, 1.54) is 0 Å². The molecule has 2 aliphatic heterocycles. The number of carbonyl (C=O) groups is 1. The predicted octanol–water partition coefficient (Wildman–Crippen LogP) is -0.143. The summed E-state index contributed by atoms with van der Waals surface area (Å²) < 4.78 is 0. The van der Waals surface area contributed by atoms with Gasteiger partial charge < -0.3 is 20.2 Å². The second-order valence-corrected chi connectivity index (χ2v) is 4.66. The van der Waals surface area contributed by atoms with Gasteiger partial charge in [0.25, 0.3) is 0 Å². The topological polar surface area (TPSA) is 55.8 Å². The zero-order chi connectivity index (χ0) is 11.5. The monoisotopic (exact) mass is 227 g/mol. The third-order valence-electron chi connectivity index (χ3n) is 3.60. The van der Waals surface area contributed by atoms with E-state index in [1.54, 1.807) is 4.90 Å². The minimum absolute atomic E-state index is 0.0137. The fourth-order valence-electron chi connectivity index (χ4n) is 2.54. The lowest BCUT2D eigenvalue weighted by atomic mass is 10.0. The van der Waals surface area contributed by atoms with Crippen LogP contribution in [-0.4, -0.2) is 65.8 Å². The Morgan fingerprint density at radius 3 is 2.75 bits per heavy atom. The fraction of sp³-hybridized carbons (Fsp3) is 0.909. The van der Waals surface area contributed by atoms with Crippen molar-refractivity contribution in [3.63, 3.8) is 0 Å². The van der Waals surface area contributed by atoms with Crippen molar-refractivity contribution in [2.75, 3.05) is 32.7 Å². The highest BCUT2D eigenvalue weighted by atomic mass is 16.3. The van der Waals surface area contributed by atoms with Crippen LogP contribution in [0.25, 0.3) is 0 Å². The van der Waals surface area contributed by atoms with Crippen molar-refractivity contribution < 1.29 is 9.90 Å². The van der Waals surface area contributed by atoms with Crippen molar-refractivity contribution in [2.24, 2.45) is 0 Å². The summed E-state index contributed by atoms with van der Waals surface area (Å²) in [5, 5.41) is 12.3. The average molecular weight is 227 g/mol. The molecule has 2 aliphatic rings. The fourth-order valence-corrected chi connectivity index (χ4v) is 2.54. The molecular formula is C11H21N3O2. The minimum atomic E-state index is -0.415. The molecule has 2 rings (SSSR count). The van der Waals surface area contributed by atoms with E-state index in [4.69, 9.17) is 0 Å². The molecule has 0 aromatic heterocycles. The molecule has 2 saturated heterocycles.